The molecule has 11 heteroatoms. The molecule has 1 aromatic carbocycles. The van der Waals surface area contributed by atoms with Gasteiger partial charge in [0.25, 0.3) is 5.91 Å². The van der Waals surface area contributed by atoms with Crippen LogP contribution >= 0.6 is 23.4 Å². The smallest absolute Gasteiger partial charge is 0.330 e. The standard InChI is InChI=1S/C25H31ClN4O5S/c1-6-29(7-2)12-13-34-24(33)20-25(4,5)36-23-19(22(32)30(20)23)27-21(31)17-14(3)35-28-18(17)15-10-8-9-11-16(15)26/h8-11,19-20,23H,6-7,12-13H2,1-5H3,(H,27,31). The number of ether oxygens (including phenoxy) is 1. The molecule has 2 aliphatic heterocycles. The fourth-order valence-electron chi connectivity index (χ4n) is 4.71. The van der Waals surface area contributed by atoms with Crippen molar-refractivity contribution in [1.82, 2.24) is 20.3 Å². The Labute approximate surface area is 219 Å². The molecule has 36 heavy (non-hydrogen) atoms. The first-order valence-electron chi connectivity index (χ1n) is 12.0. The largest absolute Gasteiger partial charge is 0.463 e. The monoisotopic (exact) mass is 534 g/mol. The lowest BCUT2D eigenvalue weighted by atomic mass is 9.95. The van der Waals surface area contributed by atoms with E-state index in [9.17, 15) is 14.4 Å². The summed E-state index contributed by atoms with van der Waals surface area (Å²) in [7, 11) is 0. The number of likely N-dealkylation sites (N-methyl/N-ethyl adjacent to an activating group) is 1. The molecule has 2 amide bonds. The molecule has 0 saturated carbocycles. The number of nitrogens with zero attached hydrogens (tertiary/aromatic N) is 3. The van der Waals surface area contributed by atoms with Gasteiger partial charge in [-0.1, -0.05) is 48.8 Å². The molecule has 3 atom stereocenters. The topological polar surface area (TPSA) is 105 Å². The van der Waals surface area contributed by atoms with Crippen LogP contribution in [0.2, 0.25) is 5.02 Å². The number of esters is 1. The van der Waals surface area contributed by atoms with Gasteiger partial charge in [-0.25, -0.2) is 4.79 Å². The van der Waals surface area contributed by atoms with Crippen LogP contribution in [-0.2, 0) is 14.3 Å². The quantitative estimate of drug-likeness (QED) is 0.386. The van der Waals surface area contributed by atoms with Crippen LogP contribution in [-0.4, -0.2) is 81.2 Å². The molecule has 194 valence electrons. The zero-order chi connectivity index (χ0) is 26.2. The van der Waals surface area contributed by atoms with Gasteiger partial charge in [-0.2, -0.15) is 0 Å². The predicted octanol–water partition coefficient (Wildman–Crippen LogP) is 3.35. The van der Waals surface area contributed by atoms with Crippen molar-refractivity contribution in [3.8, 4) is 11.3 Å². The van der Waals surface area contributed by atoms with Gasteiger partial charge >= 0.3 is 5.97 Å². The van der Waals surface area contributed by atoms with Crippen LogP contribution in [0.1, 0.15) is 43.8 Å². The number of aryl methyl sites for hydroxylation is 1. The number of halogens is 1. The van der Waals surface area contributed by atoms with Gasteiger partial charge in [-0.05, 0) is 39.9 Å². The number of carbonyl (C=O) groups is 3. The number of aromatic nitrogens is 1. The number of benzene rings is 1. The van der Waals surface area contributed by atoms with Gasteiger partial charge < -0.3 is 24.4 Å². The molecule has 0 aliphatic carbocycles. The van der Waals surface area contributed by atoms with Gasteiger partial charge in [0.15, 0.2) is 0 Å². The third kappa shape index (κ3) is 4.73. The van der Waals surface area contributed by atoms with E-state index < -0.39 is 28.7 Å². The van der Waals surface area contributed by atoms with Gasteiger partial charge in [0.1, 0.15) is 41.1 Å². The Bertz CT molecular complexity index is 1170. The van der Waals surface area contributed by atoms with Gasteiger partial charge in [-0.15, -0.1) is 11.8 Å². The van der Waals surface area contributed by atoms with Gasteiger partial charge in [-0.3, -0.25) is 9.59 Å². The summed E-state index contributed by atoms with van der Waals surface area (Å²) in [4.78, 5) is 43.1. The lowest BCUT2D eigenvalue weighted by molar-refractivity contribution is -0.163. The lowest BCUT2D eigenvalue weighted by Crippen LogP contribution is -2.70. The molecule has 2 saturated heterocycles. The van der Waals surface area contributed by atoms with Crippen LogP contribution in [0, 0.1) is 6.92 Å². The molecule has 2 fully saturated rings. The average molecular weight is 535 g/mol. The summed E-state index contributed by atoms with van der Waals surface area (Å²) >= 11 is 7.79. The Balaban J connectivity index is 1.46. The Morgan fingerprint density at radius 1 is 1.28 bits per heavy atom. The van der Waals surface area contributed by atoms with Crippen molar-refractivity contribution in [1.29, 1.82) is 0 Å². The van der Waals surface area contributed by atoms with E-state index in [0.29, 0.717) is 28.6 Å². The third-order valence-electron chi connectivity index (χ3n) is 6.72. The van der Waals surface area contributed by atoms with Crippen LogP contribution in [0.3, 0.4) is 0 Å². The Kier molecular flexibility index (Phi) is 7.68. The van der Waals surface area contributed by atoms with Crippen molar-refractivity contribution in [2.24, 2.45) is 0 Å². The number of rotatable bonds is 9. The molecule has 3 unspecified atom stereocenters. The highest BCUT2D eigenvalue weighted by Crippen LogP contribution is 2.51. The molecule has 1 aromatic heterocycles. The Hall–Kier alpha value is -2.56. The second-order valence-corrected chi connectivity index (χ2v) is 11.5. The molecule has 1 N–H and O–H groups in total. The minimum atomic E-state index is -0.774. The molecular formula is C25H31ClN4O5S. The van der Waals surface area contributed by atoms with Crippen molar-refractivity contribution in [3.05, 3.63) is 40.6 Å². The zero-order valence-electron chi connectivity index (χ0n) is 21.0. The summed E-state index contributed by atoms with van der Waals surface area (Å²) in [5.74, 6) is -0.896. The van der Waals surface area contributed by atoms with Crippen LogP contribution in [0.15, 0.2) is 28.8 Å². The highest BCUT2D eigenvalue weighted by molar-refractivity contribution is 8.01. The molecule has 4 rings (SSSR count). The maximum atomic E-state index is 13.3. The molecule has 0 bridgehead atoms. The number of hydrogen-bond acceptors (Lipinski definition) is 8. The summed E-state index contributed by atoms with van der Waals surface area (Å²) in [6.45, 7) is 12.2. The number of carbonyl (C=O) groups excluding carboxylic acids is 3. The molecule has 2 aromatic rings. The van der Waals surface area contributed by atoms with Gasteiger partial charge in [0, 0.05) is 16.9 Å². The van der Waals surface area contributed by atoms with E-state index in [1.807, 2.05) is 13.8 Å². The maximum absolute atomic E-state index is 13.3. The number of β-lactam (4-membered cyclic amide) rings is 1. The van der Waals surface area contributed by atoms with E-state index in [0.717, 1.165) is 13.1 Å². The summed E-state index contributed by atoms with van der Waals surface area (Å²) in [5, 5.41) is 6.92. The molecule has 0 spiro atoms. The van der Waals surface area contributed by atoms with Crippen molar-refractivity contribution in [2.45, 2.75) is 56.8 Å². The third-order valence-corrected chi connectivity index (χ3v) is 8.62. The summed E-state index contributed by atoms with van der Waals surface area (Å²) in [6.07, 6.45) is 0. The number of hydrogen-bond donors (Lipinski definition) is 1. The SMILES string of the molecule is CCN(CC)CCOC(=O)C1N2C(=O)C(NC(=O)c3c(-c4ccccc4Cl)noc3C)C2SC1(C)C. The summed E-state index contributed by atoms with van der Waals surface area (Å²) in [6, 6.07) is 5.53. The van der Waals surface area contributed by atoms with E-state index in [1.54, 1.807) is 31.2 Å². The first-order valence-corrected chi connectivity index (χ1v) is 13.3. The number of nitrogens with one attached hydrogen (secondary N) is 1. The second-order valence-electron chi connectivity index (χ2n) is 9.35. The van der Waals surface area contributed by atoms with E-state index in [4.69, 9.17) is 20.9 Å². The maximum Gasteiger partial charge on any atom is 0.330 e. The number of amides is 2. The van der Waals surface area contributed by atoms with Crippen molar-refractivity contribution < 1.29 is 23.6 Å². The van der Waals surface area contributed by atoms with Crippen molar-refractivity contribution >= 4 is 41.1 Å². The van der Waals surface area contributed by atoms with Crippen LogP contribution < -0.4 is 5.32 Å². The Morgan fingerprint density at radius 3 is 2.64 bits per heavy atom. The molecule has 3 heterocycles. The van der Waals surface area contributed by atoms with Gasteiger partial charge in [0.2, 0.25) is 5.91 Å². The normalized spacial score (nSPS) is 22.4. The number of thioether (sulfide) groups is 1. The first-order chi connectivity index (χ1) is 17.1. The number of fused-ring (bicyclic) bond motifs is 1. The molecule has 2 aliphatic rings. The molecular weight excluding hydrogens is 504 g/mol. The minimum Gasteiger partial charge on any atom is -0.463 e. The van der Waals surface area contributed by atoms with Gasteiger partial charge in [0.05, 0.1) is 5.02 Å². The van der Waals surface area contributed by atoms with E-state index in [1.165, 1.54) is 16.7 Å². The second kappa shape index (κ2) is 10.4. The minimum absolute atomic E-state index is 0.226. The van der Waals surface area contributed by atoms with Crippen LogP contribution in [0.5, 0.6) is 0 Å². The van der Waals surface area contributed by atoms with Crippen LogP contribution in [0.4, 0.5) is 0 Å². The highest BCUT2D eigenvalue weighted by atomic mass is 35.5. The van der Waals surface area contributed by atoms with Crippen LogP contribution in [0.25, 0.3) is 11.3 Å². The summed E-state index contributed by atoms with van der Waals surface area (Å²) in [5.41, 5.74) is 1.10. The zero-order valence-corrected chi connectivity index (χ0v) is 22.6. The molecule has 9 nitrogen and oxygen atoms in total. The Morgan fingerprint density at radius 2 is 1.97 bits per heavy atom. The first kappa shape index (κ1) is 26.5. The lowest BCUT2D eigenvalue weighted by Gasteiger charge is -2.43. The van der Waals surface area contributed by atoms with Crippen molar-refractivity contribution in [2.75, 3.05) is 26.2 Å². The average Bonchev–Trinajstić information content (AvgIpc) is 3.35. The predicted molar refractivity (Wildman–Crippen MR) is 138 cm³/mol. The highest BCUT2D eigenvalue weighted by Gasteiger charge is 2.64. The van der Waals surface area contributed by atoms with E-state index >= 15 is 0 Å². The summed E-state index contributed by atoms with van der Waals surface area (Å²) < 4.78 is 10.3. The van der Waals surface area contributed by atoms with E-state index in [-0.39, 0.29) is 23.5 Å². The van der Waals surface area contributed by atoms with Crippen molar-refractivity contribution in [3.63, 3.8) is 0 Å². The fourth-order valence-corrected chi connectivity index (χ4v) is 6.56. The fraction of sp³-hybridized carbons (Fsp3) is 0.520. The molecule has 0 radical (unpaired) electrons. The van der Waals surface area contributed by atoms with E-state index in [2.05, 4.69) is 29.2 Å².